The van der Waals surface area contributed by atoms with Gasteiger partial charge in [0.15, 0.2) is 0 Å². The average molecular weight is 277 g/mol. The quantitative estimate of drug-likeness (QED) is 0.667. The minimum atomic E-state index is -0.590. The van der Waals surface area contributed by atoms with Crippen molar-refractivity contribution in [3.63, 3.8) is 0 Å². The lowest BCUT2D eigenvalue weighted by Gasteiger charge is -2.18. The third kappa shape index (κ3) is 3.18. The SMILES string of the molecule is Cc1cnc(C(Cc2ccc(F)cc2F)NN)c(C)c1. The van der Waals surface area contributed by atoms with E-state index in [0.29, 0.717) is 12.0 Å². The van der Waals surface area contributed by atoms with Gasteiger partial charge >= 0.3 is 0 Å². The van der Waals surface area contributed by atoms with Crippen LogP contribution >= 0.6 is 0 Å². The van der Waals surface area contributed by atoms with E-state index in [0.717, 1.165) is 22.9 Å². The molecule has 0 fully saturated rings. The zero-order valence-electron chi connectivity index (χ0n) is 11.5. The minimum Gasteiger partial charge on any atom is -0.271 e. The summed E-state index contributed by atoms with van der Waals surface area (Å²) in [6.07, 6.45) is 2.05. The monoisotopic (exact) mass is 277 g/mol. The second-order valence-corrected chi connectivity index (χ2v) is 4.87. The van der Waals surface area contributed by atoms with Gasteiger partial charge in [-0.2, -0.15) is 0 Å². The summed E-state index contributed by atoms with van der Waals surface area (Å²) in [4.78, 5) is 4.35. The van der Waals surface area contributed by atoms with E-state index in [9.17, 15) is 8.78 Å². The number of nitrogens with zero attached hydrogens (tertiary/aromatic N) is 1. The molecular weight excluding hydrogens is 260 g/mol. The number of aryl methyl sites for hydroxylation is 2. The van der Waals surface area contributed by atoms with Gasteiger partial charge in [0.2, 0.25) is 0 Å². The van der Waals surface area contributed by atoms with Gasteiger partial charge in [-0.3, -0.25) is 16.3 Å². The predicted molar refractivity (Wildman–Crippen MR) is 73.8 cm³/mol. The van der Waals surface area contributed by atoms with Crippen molar-refractivity contribution in [1.82, 2.24) is 10.4 Å². The number of pyridine rings is 1. The molecule has 0 amide bonds. The number of nitrogens with one attached hydrogen (secondary N) is 1. The topological polar surface area (TPSA) is 50.9 Å². The molecule has 0 aliphatic rings. The average Bonchev–Trinajstić information content (AvgIpc) is 2.39. The molecule has 1 aromatic heterocycles. The highest BCUT2D eigenvalue weighted by Crippen LogP contribution is 2.21. The van der Waals surface area contributed by atoms with Crippen LogP contribution < -0.4 is 11.3 Å². The molecule has 0 bridgehead atoms. The van der Waals surface area contributed by atoms with Crippen LogP contribution in [-0.4, -0.2) is 4.98 Å². The Kier molecular flexibility index (Phi) is 4.42. The van der Waals surface area contributed by atoms with Crippen molar-refractivity contribution in [3.05, 3.63) is 64.5 Å². The Morgan fingerprint density at radius 3 is 2.60 bits per heavy atom. The maximum Gasteiger partial charge on any atom is 0.129 e. The van der Waals surface area contributed by atoms with Crippen molar-refractivity contribution in [3.8, 4) is 0 Å². The lowest BCUT2D eigenvalue weighted by atomic mass is 9.99. The molecule has 106 valence electrons. The Bertz CT molecular complexity index is 614. The molecule has 0 aliphatic heterocycles. The highest BCUT2D eigenvalue weighted by atomic mass is 19.1. The maximum absolute atomic E-state index is 13.7. The Labute approximate surface area is 116 Å². The van der Waals surface area contributed by atoms with Gasteiger partial charge in [0.1, 0.15) is 11.6 Å². The summed E-state index contributed by atoms with van der Waals surface area (Å²) in [5.41, 5.74) is 5.84. The van der Waals surface area contributed by atoms with E-state index in [-0.39, 0.29) is 6.04 Å². The lowest BCUT2D eigenvalue weighted by Crippen LogP contribution is -2.31. The van der Waals surface area contributed by atoms with Crippen molar-refractivity contribution >= 4 is 0 Å². The molecule has 0 aliphatic carbocycles. The van der Waals surface area contributed by atoms with E-state index in [1.54, 1.807) is 6.20 Å². The van der Waals surface area contributed by atoms with Crippen molar-refractivity contribution in [2.45, 2.75) is 26.3 Å². The highest BCUT2D eigenvalue weighted by molar-refractivity contribution is 5.28. The van der Waals surface area contributed by atoms with Crippen LogP contribution in [0.1, 0.15) is 28.4 Å². The minimum absolute atomic E-state index is 0.305. The summed E-state index contributed by atoms with van der Waals surface area (Å²) in [5, 5.41) is 0. The van der Waals surface area contributed by atoms with Crippen molar-refractivity contribution in [2.24, 2.45) is 5.84 Å². The molecule has 3 nitrogen and oxygen atoms in total. The van der Waals surface area contributed by atoms with Crippen LogP contribution in [0, 0.1) is 25.5 Å². The molecule has 3 N–H and O–H groups in total. The zero-order chi connectivity index (χ0) is 14.7. The molecule has 0 saturated carbocycles. The molecule has 0 saturated heterocycles. The van der Waals surface area contributed by atoms with Crippen LogP contribution in [0.4, 0.5) is 8.78 Å². The smallest absolute Gasteiger partial charge is 0.129 e. The van der Waals surface area contributed by atoms with Crippen molar-refractivity contribution < 1.29 is 8.78 Å². The van der Waals surface area contributed by atoms with Crippen molar-refractivity contribution in [1.29, 1.82) is 0 Å². The summed E-state index contributed by atoms with van der Waals surface area (Å²) in [5.74, 6) is 4.39. The number of hydrogen-bond acceptors (Lipinski definition) is 3. The normalized spacial score (nSPS) is 12.4. The van der Waals surface area contributed by atoms with Gasteiger partial charge in [-0.25, -0.2) is 8.78 Å². The van der Waals surface area contributed by atoms with Gasteiger partial charge in [0.05, 0.1) is 11.7 Å². The summed E-state index contributed by atoms with van der Waals surface area (Å²) >= 11 is 0. The molecular formula is C15H17F2N3. The second kappa shape index (κ2) is 6.07. The molecule has 1 heterocycles. The van der Waals surface area contributed by atoms with E-state index in [1.165, 1.54) is 12.1 Å². The molecule has 2 rings (SSSR count). The number of halogens is 2. The summed E-state index contributed by atoms with van der Waals surface area (Å²) in [6, 6.07) is 5.21. The van der Waals surface area contributed by atoms with Crippen LogP contribution in [0.2, 0.25) is 0 Å². The fourth-order valence-electron chi connectivity index (χ4n) is 2.23. The summed E-state index contributed by atoms with van der Waals surface area (Å²) in [7, 11) is 0. The van der Waals surface area contributed by atoms with Crippen LogP contribution in [-0.2, 0) is 6.42 Å². The number of aromatic nitrogens is 1. The Hall–Kier alpha value is -1.85. The first kappa shape index (κ1) is 14.6. The molecule has 2 aromatic rings. The first-order valence-electron chi connectivity index (χ1n) is 6.34. The van der Waals surface area contributed by atoms with Gasteiger partial charge in [0, 0.05) is 12.3 Å². The Balaban J connectivity index is 2.28. The molecule has 1 aromatic carbocycles. The molecule has 0 radical (unpaired) electrons. The number of benzene rings is 1. The van der Waals surface area contributed by atoms with Crippen LogP contribution in [0.3, 0.4) is 0 Å². The van der Waals surface area contributed by atoms with Crippen LogP contribution in [0.15, 0.2) is 30.5 Å². The zero-order valence-corrected chi connectivity index (χ0v) is 11.5. The summed E-state index contributed by atoms with van der Waals surface area (Å²) < 4.78 is 26.6. The molecule has 1 unspecified atom stereocenters. The Morgan fingerprint density at radius 1 is 1.25 bits per heavy atom. The number of hydrazine groups is 1. The van der Waals surface area contributed by atoms with Crippen LogP contribution in [0.5, 0.6) is 0 Å². The fourth-order valence-corrected chi connectivity index (χ4v) is 2.23. The van der Waals surface area contributed by atoms with Crippen LogP contribution in [0.25, 0.3) is 0 Å². The van der Waals surface area contributed by atoms with Gasteiger partial charge in [-0.15, -0.1) is 0 Å². The van der Waals surface area contributed by atoms with Gasteiger partial charge in [-0.05, 0) is 43.0 Å². The third-order valence-corrected chi connectivity index (χ3v) is 3.23. The molecule has 1 atom stereocenters. The highest BCUT2D eigenvalue weighted by Gasteiger charge is 2.17. The van der Waals surface area contributed by atoms with E-state index < -0.39 is 11.6 Å². The lowest BCUT2D eigenvalue weighted by molar-refractivity contribution is 0.511. The fraction of sp³-hybridized carbons (Fsp3) is 0.267. The first-order valence-corrected chi connectivity index (χ1v) is 6.34. The molecule has 5 heteroatoms. The Morgan fingerprint density at radius 2 is 2.00 bits per heavy atom. The maximum atomic E-state index is 13.7. The van der Waals surface area contributed by atoms with E-state index in [2.05, 4.69) is 10.4 Å². The first-order chi connectivity index (χ1) is 9.51. The molecule has 20 heavy (non-hydrogen) atoms. The van der Waals surface area contributed by atoms with Gasteiger partial charge in [-0.1, -0.05) is 12.1 Å². The van der Waals surface area contributed by atoms with E-state index in [1.807, 2.05) is 19.9 Å². The van der Waals surface area contributed by atoms with Crippen molar-refractivity contribution in [2.75, 3.05) is 0 Å². The number of nitrogens with two attached hydrogens (primary N) is 1. The third-order valence-electron chi connectivity index (χ3n) is 3.23. The van der Waals surface area contributed by atoms with Gasteiger partial charge in [0.25, 0.3) is 0 Å². The predicted octanol–water partition coefficient (Wildman–Crippen LogP) is 2.72. The number of rotatable bonds is 4. The standard InChI is InChI=1S/C15H17F2N3/c1-9-5-10(2)15(19-8-9)14(20-18)6-11-3-4-12(16)7-13(11)17/h3-5,7-8,14,20H,6,18H2,1-2H3. The number of hydrogen-bond donors (Lipinski definition) is 2. The van der Waals surface area contributed by atoms with E-state index in [4.69, 9.17) is 5.84 Å². The largest absolute Gasteiger partial charge is 0.271 e. The van der Waals surface area contributed by atoms with Gasteiger partial charge < -0.3 is 0 Å². The molecule has 0 spiro atoms. The summed E-state index contributed by atoms with van der Waals surface area (Å²) in [6.45, 7) is 3.88. The van der Waals surface area contributed by atoms with E-state index >= 15 is 0 Å². The second-order valence-electron chi connectivity index (χ2n) is 4.87.